The monoisotopic (exact) mass is 406 g/mol. The highest BCUT2D eigenvalue weighted by atomic mass is 79.9. The predicted octanol–water partition coefficient (Wildman–Crippen LogP) is 4.88. The predicted molar refractivity (Wildman–Crippen MR) is 85.7 cm³/mol. The van der Waals surface area contributed by atoms with E-state index in [1.54, 1.807) is 0 Å². The molecule has 102 valence electrons. The minimum absolute atomic E-state index is 0.110. The summed E-state index contributed by atoms with van der Waals surface area (Å²) in [7, 11) is 0. The molecular formula is C13H13Br2ClN2O. The summed E-state index contributed by atoms with van der Waals surface area (Å²) in [6.07, 6.45) is 0. The van der Waals surface area contributed by atoms with Crippen molar-refractivity contribution in [3.8, 4) is 0 Å². The van der Waals surface area contributed by atoms with E-state index >= 15 is 0 Å². The van der Waals surface area contributed by atoms with E-state index in [1.165, 1.54) is 0 Å². The number of nitrogens with one attached hydrogen (secondary N) is 1. The van der Waals surface area contributed by atoms with Crippen LogP contribution >= 0.6 is 43.5 Å². The zero-order valence-electron chi connectivity index (χ0n) is 10.2. The van der Waals surface area contributed by atoms with Gasteiger partial charge in [0.05, 0.1) is 10.5 Å². The standard InChI is InChI=1S/C13H13Br2ClN2O/c1-7-2-3-8(4-10(7)16)18-11(6-17)12-5-9(14)13(15)19-12/h2-5,11,18H,6,17H2,1H3. The fourth-order valence-corrected chi connectivity index (χ4v) is 2.45. The Kier molecular flexibility index (Phi) is 4.95. The SMILES string of the molecule is Cc1ccc(NC(CN)c2cc(Br)c(Br)o2)cc1Cl. The maximum absolute atomic E-state index is 6.11. The molecular weight excluding hydrogens is 395 g/mol. The number of hydrogen-bond donors (Lipinski definition) is 2. The van der Waals surface area contributed by atoms with Crippen LogP contribution in [0.3, 0.4) is 0 Å². The summed E-state index contributed by atoms with van der Waals surface area (Å²) in [5, 5.41) is 4.03. The van der Waals surface area contributed by atoms with Crippen molar-refractivity contribution in [1.29, 1.82) is 0 Å². The Balaban J connectivity index is 2.21. The summed E-state index contributed by atoms with van der Waals surface area (Å²) < 4.78 is 7.11. The van der Waals surface area contributed by atoms with Crippen LogP contribution in [-0.4, -0.2) is 6.54 Å². The molecule has 0 spiro atoms. The number of anilines is 1. The molecule has 0 saturated carbocycles. The first-order valence-electron chi connectivity index (χ1n) is 5.68. The molecule has 19 heavy (non-hydrogen) atoms. The van der Waals surface area contributed by atoms with Gasteiger partial charge in [0.15, 0.2) is 4.67 Å². The van der Waals surface area contributed by atoms with Gasteiger partial charge in [0.25, 0.3) is 0 Å². The number of benzene rings is 1. The van der Waals surface area contributed by atoms with E-state index in [1.807, 2.05) is 31.2 Å². The van der Waals surface area contributed by atoms with Crippen molar-refractivity contribution in [3.63, 3.8) is 0 Å². The van der Waals surface area contributed by atoms with Gasteiger partial charge in [-0.15, -0.1) is 0 Å². The van der Waals surface area contributed by atoms with Crippen LogP contribution in [0.4, 0.5) is 5.69 Å². The van der Waals surface area contributed by atoms with Crippen molar-refractivity contribution in [2.24, 2.45) is 5.73 Å². The van der Waals surface area contributed by atoms with Crippen LogP contribution < -0.4 is 11.1 Å². The van der Waals surface area contributed by atoms with Crippen LogP contribution in [0.5, 0.6) is 0 Å². The van der Waals surface area contributed by atoms with Crippen molar-refractivity contribution in [3.05, 3.63) is 49.8 Å². The summed E-state index contributed by atoms with van der Waals surface area (Å²) >= 11 is 12.8. The molecule has 0 radical (unpaired) electrons. The molecule has 6 heteroatoms. The van der Waals surface area contributed by atoms with E-state index in [2.05, 4.69) is 37.2 Å². The average molecular weight is 409 g/mol. The fraction of sp³-hybridized carbons (Fsp3) is 0.231. The van der Waals surface area contributed by atoms with Gasteiger partial charge in [-0.1, -0.05) is 17.7 Å². The number of hydrogen-bond acceptors (Lipinski definition) is 3. The minimum Gasteiger partial charge on any atom is -0.451 e. The fourth-order valence-electron chi connectivity index (χ4n) is 1.67. The summed E-state index contributed by atoms with van der Waals surface area (Å²) in [6, 6.07) is 7.60. The molecule has 3 nitrogen and oxygen atoms in total. The van der Waals surface area contributed by atoms with Gasteiger partial charge in [0.1, 0.15) is 5.76 Å². The van der Waals surface area contributed by atoms with Crippen molar-refractivity contribution < 1.29 is 4.42 Å². The van der Waals surface area contributed by atoms with Crippen LogP contribution in [0, 0.1) is 6.92 Å². The first-order valence-corrected chi connectivity index (χ1v) is 7.65. The number of nitrogens with two attached hydrogens (primary N) is 1. The number of aryl methyl sites for hydroxylation is 1. The van der Waals surface area contributed by atoms with E-state index in [0.29, 0.717) is 11.2 Å². The van der Waals surface area contributed by atoms with Gasteiger partial charge >= 0.3 is 0 Å². The van der Waals surface area contributed by atoms with E-state index in [4.69, 9.17) is 21.8 Å². The van der Waals surface area contributed by atoms with E-state index < -0.39 is 0 Å². The molecule has 1 unspecified atom stereocenters. The molecule has 0 bridgehead atoms. The van der Waals surface area contributed by atoms with E-state index in [0.717, 1.165) is 26.5 Å². The molecule has 0 aliphatic carbocycles. The van der Waals surface area contributed by atoms with Crippen LogP contribution in [0.25, 0.3) is 0 Å². The molecule has 0 aliphatic rings. The highest BCUT2D eigenvalue weighted by molar-refractivity contribution is 9.13. The molecule has 2 aromatic rings. The van der Waals surface area contributed by atoms with Gasteiger partial charge in [-0.3, -0.25) is 0 Å². The van der Waals surface area contributed by atoms with Gasteiger partial charge in [0.2, 0.25) is 0 Å². The van der Waals surface area contributed by atoms with Gasteiger partial charge in [-0.25, -0.2) is 0 Å². The second-order valence-electron chi connectivity index (χ2n) is 4.17. The normalized spacial score (nSPS) is 12.5. The topological polar surface area (TPSA) is 51.2 Å². The molecule has 0 amide bonds. The number of rotatable bonds is 4. The lowest BCUT2D eigenvalue weighted by atomic mass is 10.2. The van der Waals surface area contributed by atoms with Gasteiger partial charge in [-0.05, 0) is 62.5 Å². The lowest BCUT2D eigenvalue weighted by Gasteiger charge is -2.16. The summed E-state index contributed by atoms with van der Waals surface area (Å²) in [6.45, 7) is 2.38. The van der Waals surface area contributed by atoms with Crippen molar-refractivity contribution in [1.82, 2.24) is 0 Å². The number of halogens is 3. The zero-order chi connectivity index (χ0) is 14.0. The molecule has 3 N–H and O–H groups in total. The Morgan fingerprint density at radius 3 is 2.63 bits per heavy atom. The molecule has 1 aromatic carbocycles. The van der Waals surface area contributed by atoms with Gasteiger partial charge < -0.3 is 15.5 Å². The zero-order valence-corrected chi connectivity index (χ0v) is 14.1. The summed E-state index contributed by atoms with van der Waals surface area (Å²) in [5.41, 5.74) is 7.75. The Bertz CT molecular complexity index is 567. The van der Waals surface area contributed by atoms with E-state index in [-0.39, 0.29) is 6.04 Å². The molecule has 1 heterocycles. The van der Waals surface area contributed by atoms with Gasteiger partial charge in [-0.2, -0.15) is 0 Å². The lowest BCUT2D eigenvalue weighted by Crippen LogP contribution is -2.20. The average Bonchev–Trinajstić information content (AvgIpc) is 2.71. The summed E-state index contributed by atoms with van der Waals surface area (Å²) in [5.74, 6) is 0.762. The van der Waals surface area contributed by atoms with Crippen molar-refractivity contribution in [2.75, 3.05) is 11.9 Å². The highest BCUT2D eigenvalue weighted by Crippen LogP contribution is 2.31. The number of furan rings is 1. The molecule has 2 rings (SSSR count). The van der Waals surface area contributed by atoms with Crippen LogP contribution in [0.1, 0.15) is 17.4 Å². The molecule has 1 atom stereocenters. The third-order valence-electron chi connectivity index (χ3n) is 2.76. The molecule has 1 aromatic heterocycles. The smallest absolute Gasteiger partial charge is 0.183 e. The maximum Gasteiger partial charge on any atom is 0.183 e. The maximum atomic E-state index is 6.11. The highest BCUT2D eigenvalue weighted by Gasteiger charge is 2.16. The lowest BCUT2D eigenvalue weighted by molar-refractivity contribution is 0.462. The first-order chi connectivity index (χ1) is 9.01. The Labute approximate surface area is 133 Å². The molecule has 0 saturated heterocycles. The van der Waals surface area contributed by atoms with Crippen molar-refractivity contribution in [2.45, 2.75) is 13.0 Å². The second kappa shape index (κ2) is 6.31. The quantitative estimate of drug-likeness (QED) is 0.758. The second-order valence-corrected chi connectivity index (χ2v) is 6.15. The Morgan fingerprint density at radius 1 is 1.37 bits per heavy atom. The van der Waals surface area contributed by atoms with Crippen LogP contribution in [0.2, 0.25) is 5.02 Å². The first kappa shape index (κ1) is 14.9. The van der Waals surface area contributed by atoms with Gasteiger partial charge in [0, 0.05) is 17.3 Å². The van der Waals surface area contributed by atoms with Crippen LogP contribution in [-0.2, 0) is 0 Å². The van der Waals surface area contributed by atoms with Crippen molar-refractivity contribution >= 4 is 49.1 Å². The minimum atomic E-state index is -0.110. The Hall–Kier alpha value is -0.490. The summed E-state index contributed by atoms with van der Waals surface area (Å²) in [4.78, 5) is 0. The largest absolute Gasteiger partial charge is 0.451 e. The molecule has 0 aliphatic heterocycles. The Morgan fingerprint density at radius 2 is 2.11 bits per heavy atom. The van der Waals surface area contributed by atoms with Crippen LogP contribution in [0.15, 0.2) is 37.8 Å². The van der Waals surface area contributed by atoms with E-state index in [9.17, 15) is 0 Å². The third-order valence-corrected chi connectivity index (χ3v) is 4.87. The molecule has 0 fully saturated rings. The third kappa shape index (κ3) is 3.54.